The van der Waals surface area contributed by atoms with Gasteiger partial charge in [-0.05, 0) is 54.6 Å². The smallest absolute Gasteiger partial charge is 0.234 e. The van der Waals surface area contributed by atoms with Crippen molar-refractivity contribution in [3.63, 3.8) is 0 Å². The van der Waals surface area contributed by atoms with E-state index in [1.165, 1.54) is 11.8 Å². The molecule has 0 unspecified atom stereocenters. The number of hydrogen-bond donors (Lipinski definition) is 2. The number of rotatable bonds is 11. The molecule has 0 radical (unpaired) electrons. The molecule has 0 saturated heterocycles. The summed E-state index contributed by atoms with van der Waals surface area (Å²) in [7, 11) is 7.92. The van der Waals surface area contributed by atoms with Crippen LogP contribution in [0.2, 0.25) is 0 Å². The van der Waals surface area contributed by atoms with Crippen LogP contribution in [-0.4, -0.2) is 57.2 Å². The van der Waals surface area contributed by atoms with Gasteiger partial charge >= 0.3 is 0 Å². The Morgan fingerprint density at radius 1 is 0.763 bits per heavy atom. The van der Waals surface area contributed by atoms with Crippen LogP contribution in [0.1, 0.15) is 0 Å². The lowest BCUT2D eigenvalue weighted by atomic mass is 10.1. The molecule has 0 bridgehead atoms. The number of imidazole rings is 1. The quantitative estimate of drug-likeness (QED) is 0.242. The minimum Gasteiger partial charge on any atom is -0.497 e. The van der Waals surface area contributed by atoms with Gasteiger partial charge in [0, 0.05) is 22.9 Å². The van der Waals surface area contributed by atoms with Gasteiger partial charge < -0.3 is 34.0 Å². The van der Waals surface area contributed by atoms with Crippen LogP contribution in [0.5, 0.6) is 28.7 Å². The molecule has 1 aromatic heterocycles. The van der Waals surface area contributed by atoms with Crippen LogP contribution in [0.3, 0.4) is 0 Å². The Bertz CT molecular complexity index is 1400. The number of aromatic nitrogens is 2. The number of thioether (sulfide) groups is 1. The van der Waals surface area contributed by atoms with Gasteiger partial charge in [-0.3, -0.25) is 4.79 Å². The van der Waals surface area contributed by atoms with E-state index in [4.69, 9.17) is 28.7 Å². The van der Waals surface area contributed by atoms with E-state index in [-0.39, 0.29) is 11.7 Å². The second kappa shape index (κ2) is 12.3. The molecule has 4 aromatic rings. The Morgan fingerprint density at radius 2 is 1.37 bits per heavy atom. The van der Waals surface area contributed by atoms with E-state index >= 15 is 0 Å². The molecule has 0 saturated carbocycles. The first-order chi connectivity index (χ1) is 18.5. The van der Waals surface area contributed by atoms with Crippen LogP contribution in [0.25, 0.3) is 22.6 Å². The van der Waals surface area contributed by atoms with E-state index in [0.717, 1.165) is 22.6 Å². The van der Waals surface area contributed by atoms with Crippen molar-refractivity contribution in [3.05, 3.63) is 60.7 Å². The molecule has 0 aliphatic rings. The van der Waals surface area contributed by atoms with E-state index < -0.39 is 0 Å². The molecule has 198 valence electrons. The fourth-order valence-electron chi connectivity index (χ4n) is 3.78. The summed E-state index contributed by atoms with van der Waals surface area (Å²) in [5, 5.41) is 3.58. The minimum absolute atomic E-state index is 0.147. The minimum atomic E-state index is -0.182. The number of ether oxygens (including phenoxy) is 5. The second-order valence-electron chi connectivity index (χ2n) is 7.97. The van der Waals surface area contributed by atoms with Crippen LogP contribution < -0.4 is 29.0 Å². The van der Waals surface area contributed by atoms with Gasteiger partial charge in [0.05, 0.1) is 47.0 Å². The summed E-state index contributed by atoms with van der Waals surface area (Å²) < 4.78 is 26.7. The number of carbonyl (C=O) groups excluding carboxylic acids is 1. The fourth-order valence-corrected chi connectivity index (χ4v) is 4.59. The second-order valence-corrected chi connectivity index (χ2v) is 8.93. The zero-order valence-electron chi connectivity index (χ0n) is 21.8. The van der Waals surface area contributed by atoms with Gasteiger partial charge in [-0.2, -0.15) is 0 Å². The van der Waals surface area contributed by atoms with Crippen molar-refractivity contribution in [3.8, 4) is 51.4 Å². The van der Waals surface area contributed by atoms with E-state index in [1.807, 2.05) is 42.5 Å². The Labute approximate surface area is 225 Å². The molecule has 0 atom stereocenters. The third kappa shape index (κ3) is 5.97. The zero-order chi connectivity index (χ0) is 27.1. The lowest BCUT2D eigenvalue weighted by Gasteiger charge is -2.10. The van der Waals surface area contributed by atoms with Gasteiger partial charge in [0.25, 0.3) is 0 Å². The van der Waals surface area contributed by atoms with Crippen molar-refractivity contribution in [1.82, 2.24) is 9.97 Å². The molecule has 38 heavy (non-hydrogen) atoms. The summed E-state index contributed by atoms with van der Waals surface area (Å²) in [6.45, 7) is 0. The lowest BCUT2D eigenvalue weighted by Crippen LogP contribution is -2.14. The predicted molar refractivity (Wildman–Crippen MR) is 148 cm³/mol. The number of aromatic amines is 1. The van der Waals surface area contributed by atoms with Gasteiger partial charge in [0.1, 0.15) is 16.6 Å². The van der Waals surface area contributed by atoms with Gasteiger partial charge in [-0.15, -0.1) is 0 Å². The molecule has 2 N–H and O–H groups in total. The van der Waals surface area contributed by atoms with Crippen molar-refractivity contribution < 1.29 is 28.5 Å². The summed E-state index contributed by atoms with van der Waals surface area (Å²) in [6, 6.07) is 18.4. The standard InChI is InChI=1S/C28H29N3O6S/c1-33-20-10-6-17(7-11-20)26-28(31-27(30-26)18-8-12-21(34-2)23(14-18)36-4)38-16-25(32)29-19-9-13-22(35-3)24(15-19)37-5/h6-15H,16H2,1-5H3,(H,29,32)(H,30,31). The number of anilines is 1. The summed E-state index contributed by atoms with van der Waals surface area (Å²) in [5.74, 6) is 3.69. The van der Waals surface area contributed by atoms with Crippen molar-refractivity contribution in [1.29, 1.82) is 0 Å². The third-order valence-corrected chi connectivity index (χ3v) is 6.69. The third-order valence-electron chi connectivity index (χ3n) is 5.71. The Balaban J connectivity index is 1.59. The van der Waals surface area contributed by atoms with Crippen molar-refractivity contribution in [2.24, 2.45) is 0 Å². The molecule has 10 heteroatoms. The number of nitrogens with zero attached hydrogens (tertiary/aromatic N) is 1. The molecule has 0 fully saturated rings. The molecular weight excluding hydrogens is 506 g/mol. The first-order valence-electron chi connectivity index (χ1n) is 11.6. The molecular formula is C28H29N3O6S. The average Bonchev–Trinajstić information content (AvgIpc) is 3.39. The topological polar surface area (TPSA) is 104 Å². The fraction of sp³-hybridized carbons (Fsp3) is 0.214. The maximum absolute atomic E-state index is 12.8. The maximum Gasteiger partial charge on any atom is 0.234 e. The van der Waals surface area contributed by atoms with Crippen LogP contribution in [0.4, 0.5) is 5.69 Å². The van der Waals surface area contributed by atoms with E-state index in [0.29, 0.717) is 39.5 Å². The Morgan fingerprint density at radius 3 is 2.00 bits per heavy atom. The number of methoxy groups -OCH3 is 5. The molecule has 0 aliphatic heterocycles. The molecule has 1 amide bonds. The number of hydrogen-bond acceptors (Lipinski definition) is 8. The van der Waals surface area contributed by atoms with Crippen molar-refractivity contribution in [2.45, 2.75) is 5.03 Å². The predicted octanol–water partition coefficient (Wildman–Crippen LogP) is 5.52. The van der Waals surface area contributed by atoms with Crippen LogP contribution in [-0.2, 0) is 4.79 Å². The highest BCUT2D eigenvalue weighted by atomic mass is 32.2. The highest BCUT2D eigenvalue weighted by Gasteiger charge is 2.17. The number of benzene rings is 3. The van der Waals surface area contributed by atoms with Crippen molar-refractivity contribution >= 4 is 23.4 Å². The van der Waals surface area contributed by atoms with E-state index in [1.54, 1.807) is 53.7 Å². The number of amides is 1. The highest BCUT2D eigenvalue weighted by molar-refractivity contribution is 8.00. The lowest BCUT2D eigenvalue weighted by molar-refractivity contribution is -0.113. The summed E-state index contributed by atoms with van der Waals surface area (Å²) in [4.78, 5) is 21.0. The molecule has 3 aromatic carbocycles. The van der Waals surface area contributed by atoms with Crippen LogP contribution in [0, 0.1) is 0 Å². The maximum atomic E-state index is 12.8. The molecule has 0 spiro atoms. The first-order valence-corrected chi connectivity index (χ1v) is 12.6. The first kappa shape index (κ1) is 26.7. The SMILES string of the molecule is COc1ccc(-c2[nH]c(-c3ccc(OC)c(OC)c3)nc2SCC(=O)Nc2ccc(OC)c(OC)c2)cc1. The van der Waals surface area contributed by atoms with Gasteiger partial charge in [0.15, 0.2) is 23.0 Å². The molecule has 9 nitrogen and oxygen atoms in total. The van der Waals surface area contributed by atoms with Gasteiger partial charge in [0.2, 0.25) is 5.91 Å². The van der Waals surface area contributed by atoms with E-state index in [2.05, 4.69) is 10.3 Å². The molecule has 1 heterocycles. The number of nitrogens with one attached hydrogen (secondary N) is 2. The monoisotopic (exact) mass is 535 g/mol. The van der Waals surface area contributed by atoms with Crippen LogP contribution >= 0.6 is 11.8 Å². The van der Waals surface area contributed by atoms with Crippen molar-refractivity contribution in [2.75, 3.05) is 46.6 Å². The van der Waals surface area contributed by atoms with Crippen LogP contribution in [0.15, 0.2) is 65.7 Å². The van der Waals surface area contributed by atoms with E-state index in [9.17, 15) is 4.79 Å². The summed E-state index contributed by atoms with van der Waals surface area (Å²) in [5.41, 5.74) is 3.13. The van der Waals surface area contributed by atoms with Gasteiger partial charge in [-0.25, -0.2) is 4.98 Å². The normalized spacial score (nSPS) is 10.6. The molecule has 4 rings (SSSR count). The Hall–Kier alpha value is -4.31. The summed E-state index contributed by atoms with van der Waals surface area (Å²) in [6.07, 6.45) is 0. The zero-order valence-corrected chi connectivity index (χ0v) is 22.6. The highest BCUT2D eigenvalue weighted by Crippen LogP contribution is 2.36. The number of carbonyl (C=O) groups is 1. The molecule has 0 aliphatic carbocycles. The van der Waals surface area contributed by atoms with Gasteiger partial charge in [-0.1, -0.05) is 11.8 Å². The number of H-pyrrole nitrogens is 1. The average molecular weight is 536 g/mol. The largest absolute Gasteiger partial charge is 0.497 e. The summed E-state index contributed by atoms with van der Waals surface area (Å²) >= 11 is 1.33. The Kier molecular flexibility index (Phi) is 8.65.